The summed E-state index contributed by atoms with van der Waals surface area (Å²) in [4.78, 5) is 14.8. The molecule has 0 aliphatic heterocycles. The Morgan fingerprint density at radius 3 is 3.08 bits per heavy atom. The number of amides is 1. The number of hydrogen-bond acceptors (Lipinski definition) is 2. The highest BCUT2D eigenvalue weighted by Crippen LogP contribution is 2.17. The smallest absolute Gasteiger partial charge is 0.239 e. The van der Waals surface area contributed by atoms with Crippen LogP contribution in [0, 0.1) is 0 Å². The molecule has 1 heterocycles. The largest absolute Gasteiger partial charge is 0.323 e. The first-order valence-electron chi connectivity index (χ1n) is 3.20. The average Bonchev–Trinajstić information content (AvgIpc) is 2.09. The topological polar surface area (TPSA) is 42.0 Å². The molecule has 1 aromatic heterocycles. The van der Waals surface area contributed by atoms with Gasteiger partial charge >= 0.3 is 0 Å². The van der Waals surface area contributed by atoms with Crippen molar-refractivity contribution in [3.63, 3.8) is 0 Å². The number of halogens is 2. The third kappa shape index (κ3) is 2.46. The van der Waals surface area contributed by atoms with E-state index in [1.807, 2.05) is 0 Å². The predicted molar refractivity (Wildman–Crippen MR) is 51.3 cm³/mol. The van der Waals surface area contributed by atoms with Crippen LogP contribution < -0.4 is 5.32 Å². The van der Waals surface area contributed by atoms with Crippen molar-refractivity contribution in [1.82, 2.24) is 4.98 Å². The van der Waals surface area contributed by atoms with Crippen LogP contribution in [0.5, 0.6) is 0 Å². The fourth-order valence-electron chi connectivity index (χ4n) is 0.663. The molecule has 0 saturated heterocycles. The molecule has 0 aliphatic carbocycles. The zero-order valence-electron chi connectivity index (χ0n) is 6.05. The maximum atomic E-state index is 10.8. The third-order valence-corrected chi connectivity index (χ3v) is 2.03. The fraction of sp³-hybridized carbons (Fsp3) is 0.143. The molecule has 0 unspecified atom stereocenters. The number of hydrogen-bond donors (Lipinski definition) is 1. The van der Waals surface area contributed by atoms with E-state index in [0.29, 0.717) is 10.3 Å². The minimum atomic E-state index is -0.245. The quantitative estimate of drug-likeness (QED) is 0.644. The van der Waals surface area contributed by atoms with Crippen molar-refractivity contribution in [1.29, 1.82) is 0 Å². The van der Waals surface area contributed by atoms with E-state index in [0.717, 1.165) is 0 Å². The second-order valence-corrected chi connectivity index (χ2v) is 3.04. The first-order valence-corrected chi connectivity index (χ1v) is 4.53. The summed E-state index contributed by atoms with van der Waals surface area (Å²) in [5.74, 6) is -0.299. The van der Waals surface area contributed by atoms with Crippen LogP contribution in [0.4, 0.5) is 5.69 Å². The molecule has 3 nitrogen and oxygen atoms in total. The van der Waals surface area contributed by atoms with Crippen molar-refractivity contribution in [3.8, 4) is 0 Å². The number of anilines is 1. The SMILES string of the molecule is O=C(CCl)Nc1cccnc1Br. The van der Waals surface area contributed by atoms with Crippen molar-refractivity contribution in [2.75, 3.05) is 11.2 Å². The summed E-state index contributed by atoms with van der Waals surface area (Å²) in [6, 6.07) is 3.47. The molecule has 0 fully saturated rings. The van der Waals surface area contributed by atoms with E-state index < -0.39 is 0 Å². The predicted octanol–water partition coefficient (Wildman–Crippen LogP) is 2.02. The lowest BCUT2D eigenvalue weighted by Gasteiger charge is -2.02. The highest BCUT2D eigenvalue weighted by atomic mass is 79.9. The molecule has 0 bridgehead atoms. The maximum Gasteiger partial charge on any atom is 0.239 e. The Bertz CT molecular complexity index is 292. The second kappa shape index (κ2) is 4.42. The van der Waals surface area contributed by atoms with Gasteiger partial charge in [0.1, 0.15) is 10.5 Å². The van der Waals surface area contributed by atoms with E-state index in [9.17, 15) is 4.79 Å². The first kappa shape index (κ1) is 9.48. The molecule has 1 rings (SSSR count). The van der Waals surface area contributed by atoms with Gasteiger partial charge in [0.25, 0.3) is 0 Å². The van der Waals surface area contributed by atoms with Crippen LogP contribution in [0.15, 0.2) is 22.9 Å². The number of carbonyl (C=O) groups is 1. The van der Waals surface area contributed by atoms with Gasteiger partial charge < -0.3 is 5.32 Å². The Morgan fingerprint density at radius 1 is 1.75 bits per heavy atom. The monoisotopic (exact) mass is 248 g/mol. The van der Waals surface area contributed by atoms with Gasteiger partial charge in [-0.15, -0.1) is 11.6 Å². The summed E-state index contributed by atoms with van der Waals surface area (Å²) in [6.07, 6.45) is 1.63. The molecule has 0 aromatic carbocycles. The Labute approximate surface area is 83.3 Å². The molecule has 1 aromatic rings. The Balaban J connectivity index is 2.75. The molecular weight excluding hydrogens is 243 g/mol. The Kier molecular flexibility index (Phi) is 3.49. The lowest BCUT2D eigenvalue weighted by atomic mass is 10.4. The molecule has 0 atom stereocenters. The van der Waals surface area contributed by atoms with Gasteiger partial charge in [0, 0.05) is 6.20 Å². The summed E-state index contributed by atoms with van der Waals surface area (Å²) in [5.41, 5.74) is 0.628. The molecule has 0 aliphatic rings. The average molecular weight is 249 g/mol. The summed E-state index contributed by atoms with van der Waals surface area (Å²) in [7, 11) is 0. The van der Waals surface area contributed by atoms with E-state index in [4.69, 9.17) is 11.6 Å². The van der Waals surface area contributed by atoms with Gasteiger partial charge in [0.2, 0.25) is 5.91 Å². The van der Waals surface area contributed by atoms with Crippen LogP contribution in [0.1, 0.15) is 0 Å². The number of carbonyl (C=O) groups excluding carboxylic acids is 1. The molecule has 5 heteroatoms. The number of nitrogens with one attached hydrogen (secondary N) is 1. The Hall–Kier alpha value is -0.610. The summed E-state index contributed by atoms with van der Waals surface area (Å²) in [6.45, 7) is 0. The van der Waals surface area contributed by atoms with E-state index in [1.165, 1.54) is 0 Å². The molecule has 1 N–H and O–H groups in total. The van der Waals surface area contributed by atoms with Crippen LogP contribution >= 0.6 is 27.5 Å². The third-order valence-electron chi connectivity index (χ3n) is 1.15. The van der Waals surface area contributed by atoms with E-state index >= 15 is 0 Å². The van der Waals surface area contributed by atoms with E-state index in [1.54, 1.807) is 18.3 Å². The molecule has 64 valence electrons. The van der Waals surface area contributed by atoms with Gasteiger partial charge in [-0.05, 0) is 28.1 Å². The fourth-order valence-corrected chi connectivity index (χ4v) is 1.08. The number of pyridine rings is 1. The molecule has 0 spiro atoms. The van der Waals surface area contributed by atoms with Crippen LogP contribution in [-0.4, -0.2) is 16.8 Å². The normalized spacial score (nSPS) is 9.50. The number of nitrogens with zero attached hydrogens (tertiary/aromatic N) is 1. The van der Waals surface area contributed by atoms with Gasteiger partial charge in [-0.2, -0.15) is 0 Å². The number of aromatic nitrogens is 1. The zero-order valence-corrected chi connectivity index (χ0v) is 8.39. The second-order valence-electron chi connectivity index (χ2n) is 2.02. The summed E-state index contributed by atoms with van der Waals surface area (Å²) >= 11 is 8.49. The van der Waals surface area contributed by atoms with E-state index in [-0.39, 0.29) is 11.8 Å². The Morgan fingerprint density at radius 2 is 2.50 bits per heavy atom. The highest BCUT2D eigenvalue weighted by molar-refractivity contribution is 9.10. The van der Waals surface area contributed by atoms with Crippen molar-refractivity contribution in [2.24, 2.45) is 0 Å². The number of alkyl halides is 1. The molecule has 0 radical (unpaired) electrons. The zero-order chi connectivity index (χ0) is 8.97. The van der Waals surface area contributed by atoms with Crippen molar-refractivity contribution < 1.29 is 4.79 Å². The maximum absolute atomic E-state index is 10.8. The minimum absolute atomic E-state index is 0.0542. The van der Waals surface area contributed by atoms with Gasteiger partial charge in [-0.25, -0.2) is 4.98 Å². The van der Waals surface area contributed by atoms with Crippen molar-refractivity contribution in [2.45, 2.75) is 0 Å². The van der Waals surface area contributed by atoms with Gasteiger partial charge in [-0.3, -0.25) is 4.79 Å². The van der Waals surface area contributed by atoms with Gasteiger partial charge in [-0.1, -0.05) is 0 Å². The van der Waals surface area contributed by atoms with Crippen LogP contribution in [0.25, 0.3) is 0 Å². The summed E-state index contributed by atoms with van der Waals surface area (Å²) in [5, 5.41) is 2.58. The minimum Gasteiger partial charge on any atom is -0.323 e. The van der Waals surface area contributed by atoms with Gasteiger partial charge in [0.15, 0.2) is 0 Å². The lowest BCUT2D eigenvalue weighted by molar-refractivity contribution is -0.113. The van der Waals surface area contributed by atoms with E-state index in [2.05, 4.69) is 26.2 Å². The number of rotatable bonds is 2. The van der Waals surface area contributed by atoms with Crippen LogP contribution in [0.2, 0.25) is 0 Å². The first-order chi connectivity index (χ1) is 5.74. The van der Waals surface area contributed by atoms with Crippen LogP contribution in [-0.2, 0) is 4.79 Å². The summed E-state index contributed by atoms with van der Waals surface area (Å²) < 4.78 is 0.600. The molecule has 1 amide bonds. The molecule has 0 saturated carbocycles. The van der Waals surface area contributed by atoms with Gasteiger partial charge in [0.05, 0.1) is 5.69 Å². The lowest BCUT2D eigenvalue weighted by Crippen LogP contribution is -2.13. The van der Waals surface area contributed by atoms with Crippen molar-refractivity contribution in [3.05, 3.63) is 22.9 Å². The van der Waals surface area contributed by atoms with Crippen LogP contribution in [0.3, 0.4) is 0 Å². The standard InChI is InChI=1S/C7H6BrClN2O/c8-7-5(2-1-3-10-7)11-6(12)4-9/h1-3H,4H2,(H,11,12). The highest BCUT2D eigenvalue weighted by Gasteiger charge is 2.02. The van der Waals surface area contributed by atoms with Crippen molar-refractivity contribution >= 4 is 39.1 Å². The molecule has 12 heavy (non-hydrogen) atoms. The molecular formula is C7H6BrClN2O.